The van der Waals surface area contributed by atoms with E-state index in [-0.39, 0.29) is 5.56 Å². The normalized spacial score (nSPS) is 22.5. The molecule has 2 N–H and O–H groups in total. The van der Waals surface area contributed by atoms with E-state index in [4.69, 9.17) is 0 Å². The molecular formula is C9H14N4O. The largest absolute Gasteiger partial charge is 0.366 e. The van der Waals surface area contributed by atoms with Crippen molar-refractivity contribution >= 4 is 5.82 Å². The molecule has 1 aromatic heterocycles. The second kappa shape index (κ2) is 3.79. The molecule has 0 aromatic carbocycles. The molecule has 5 heteroatoms. The molecule has 76 valence electrons. The molecule has 0 radical (unpaired) electrons. The fourth-order valence-corrected chi connectivity index (χ4v) is 1.71. The van der Waals surface area contributed by atoms with Crippen molar-refractivity contribution in [1.29, 1.82) is 0 Å². The molecule has 1 fully saturated rings. The Labute approximate surface area is 82.2 Å². The molecule has 0 bridgehead atoms. The molecule has 2 rings (SSSR count). The first-order valence-electron chi connectivity index (χ1n) is 4.74. The summed E-state index contributed by atoms with van der Waals surface area (Å²) in [5.41, 5.74) is -0.117. The van der Waals surface area contributed by atoms with Gasteiger partial charge in [0.05, 0.1) is 6.33 Å². The van der Waals surface area contributed by atoms with Crippen LogP contribution in [-0.2, 0) is 0 Å². The number of hydrogen-bond donors (Lipinski definition) is 2. The summed E-state index contributed by atoms with van der Waals surface area (Å²) in [6, 6.07) is 1.90. The second-order valence-electron chi connectivity index (χ2n) is 3.69. The molecule has 0 spiro atoms. The van der Waals surface area contributed by atoms with Gasteiger partial charge in [-0.05, 0) is 20.0 Å². The first kappa shape index (κ1) is 9.21. The summed E-state index contributed by atoms with van der Waals surface area (Å²) in [7, 11) is 2.09. The van der Waals surface area contributed by atoms with Crippen LogP contribution in [0.2, 0.25) is 0 Å². The van der Waals surface area contributed by atoms with Gasteiger partial charge < -0.3 is 15.2 Å². The highest BCUT2D eigenvalue weighted by atomic mass is 16.1. The summed E-state index contributed by atoms with van der Waals surface area (Å²) in [5, 5.41) is 3.24. The lowest BCUT2D eigenvalue weighted by Crippen LogP contribution is -2.24. The highest BCUT2D eigenvalue weighted by molar-refractivity contribution is 5.33. The topological polar surface area (TPSA) is 61.0 Å². The summed E-state index contributed by atoms with van der Waals surface area (Å²) >= 11 is 0. The average molecular weight is 194 g/mol. The minimum Gasteiger partial charge on any atom is -0.366 e. The first-order chi connectivity index (χ1) is 6.74. The molecule has 2 heterocycles. The van der Waals surface area contributed by atoms with Gasteiger partial charge in [0, 0.05) is 18.7 Å². The fourth-order valence-electron chi connectivity index (χ4n) is 1.71. The molecule has 5 nitrogen and oxygen atoms in total. The number of H-pyrrole nitrogens is 1. The number of anilines is 1. The summed E-state index contributed by atoms with van der Waals surface area (Å²) in [4.78, 5) is 19.8. The van der Waals surface area contributed by atoms with E-state index in [9.17, 15) is 4.79 Å². The third kappa shape index (κ3) is 2.11. The van der Waals surface area contributed by atoms with Crippen molar-refractivity contribution in [3.05, 3.63) is 22.7 Å². The number of aromatic amines is 1. The van der Waals surface area contributed by atoms with Crippen LogP contribution in [0.3, 0.4) is 0 Å². The van der Waals surface area contributed by atoms with Crippen LogP contribution in [-0.4, -0.2) is 41.0 Å². The lowest BCUT2D eigenvalue weighted by Gasteiger charge is -2.12. The molecule has 1 atom stereocenters. The van der Waals surface area contributed by atoms with E-state index in [0.717, 1.165) is 19.5 Å². The zero-order valence-corrected chi connectivity index (χ0v) is 8.16. The van der Waals surface area contributed by atoms with Gasteiger partial charge in [-0.15, -0.1) is 0 Å². The van der Waals surface area contributed by atoms with E-state index < -0.39 is 0 Å². The van der Waals surface area contributed by atoms with Crippen LogP contribution < -0.4 is 10.9 Å². The molecule has 14 heavy (non-hydrogen) atoms. The van der Waals surface area contributed by atoms with Crippen LogP contribution >= 0.6 is 0 Å². The SMILES string of the molecule is CN1CCC(Nc2cc(=O)[nH]cn2)C1. The molecule has 1 saturated heterocycles. The van der Waals surface area contributed by atoms with Crippen molar-refractivity contribution in [1.82, 2.24) is 14.9 Å². The Hall–Kier alpha value is -1.36. The summed E-state index contributed by atoms with van der Waals surface area (Å²) in [6.45, 7) is 2.11. The maximum absolute atomic E-state index is 11.0. The minimum atomic E-state index is -0.117. The van der Waals surface area contributed by atoms with Gasteiger partial charge in [-0.1, -0.05) is 0 Å². The van der Waals surface area contributed by atoms with Crippen molar-refractivity contribution < 1.29 is 0 Å². The van der Waals surface area contributed by atoms with Crippen molar-refractivity contribution in [3.8, 4) is 0 Å². The highest BCUT2D eigenvalue weighted by Gasteiger charge is 2.19. The number of hydrogen-bond acceptors (Lipinski definition) is 4. The Morgan fingerprint density at radius 3 is 3.21 bits per heavy atom. The maximum Gasteiger partial charge on any atom is 0.252 e. The van der Waals surface area contributed by atoms with Gasteiger partial charge >= 0.3 is 0 Å². The number of aromatic nitrogens is 2. The predicted molar refractivity (Wildman–Crippen MR) is 54.4 cm³/mol. The molecule has 1 unspecified atom stereocenters. The van der Waals surface area contributed by atoms with E-state index >= 15 is 0 Å². The van der Waals surface area contributed by atoms with E-state index in [1.54, 1.807) is 0 Å². The average Bonchev–Trinajstić information content (AvgIpc) is 2.51. The van der Waals surface area contributed by atoms with Gasteiger partial charge in [0.15, 0.2) is 0 Å². The zero-order chi connectivity index (χ0) is 9.97. The van der Waals surface area contributed by atoms with E-state index in [1.807, 2.05) is 0 Å². The van der Waals surface area contributed by atoms with Crippen molar-refractivity contribution in [2.45, 2.75) is 12.5 Å². The molecule has 0 amide bonds. The molecule has 0 aliphatic carbocycles. The Morgan fingerprint density at radius 2 is 2.57 bits per heavy atom. The van der Waals surface area contributed by atoms with Gasteiger partial charge in [-0.2, -0.15) is 0 Å². The third-order valence-electron chi connectivity index (χ3n) is 2.42. The van der Waals surface area contributed by atoms with Gasteiger partial charge in [-0.3, -0.25) is 4.79 Å². The summed E-state index contributed by atoms with van der Waals surface area (Å²) in [5.74, 6) is 0.661. The number of rotatable bonds is 2. The third-order valence-corrected chi connectivity index (χ3v) is 2.42. The Morgan fingerprint density at radius 1 is 1.71 bits per heavy atom. The standard InChI is InChI=1S/C9H14N4O/c1-13-3-2-7(5-13)12-8-4-9(14)11-6-10-8/h4,6-7H,2-3,5H2,1H3,(H2,10,11,12,14). The lowest BCUT2D eigenvalue weighted by atomic mass is 10.2. The number of likely N-dealkylation sites (tertiary alicyclic amines) is 1. The van der Waals surface area contributed by atoms with Gasteiger partial charge in [0.25, 0.3) is 5.56 Å². The zero-order valence-electron chi connectivity index (χ0n) is 8.16. The smallest absolute Gasteiger partial charge is 0.252 e. The van der Waals surface area contributed by atoms with E-state index in [1.165, 1.54) is 12.4 Å². The molecule has 1 aromatic rings. The second-order valence-corrected chi connectivity index (χ2v) is 3.69. The number of nitrogens with one attached hydrogen (secondary N) is 2. The van der Waals surface area contributed by atoms with Crippen LogP contribution in [0, 0.1) is 0 Å². The monoisotopic (exact) mass is 194 g/mol. The van der Waals surface area contributed by atoms with Gasteiger partial charge in [0.1, 0.15) is 5.82 Å². The van der Waals surface area contributed by atoms with E-state index in [2.05, 4.69) is 27.2 Å². The minimum absolute atomic E-state index is 0.117. The Bertz CT molecular complexity index is 362. The summed E-state index contributed by atoms with van der Waals surface area (Å²) in [6.07, 6.45) is 2.52. The molecular weight excluding hydrogens is 180 g/mol. The maximum atomic E-state index is 11.0. The quantitative estimate of drug-likeness (QED) is 0.689. The Balaban J connectivity index is 2.01. The number of nitrogens with zero attached hydrogens (tertiary/aromatic N) is 2. The molecule has 1 aliphatic rings. The van der Waals surface area contributed by atoms with Crippen LogP contribution in [0.1, 0.15) is 6.42 Å². The van der Waals surface area contributed by atoms with Gasteiger partial charge in [-0.25, -0.2) is 4.98 Å². The van der Waals surface area contributed by atoms with E-state index in [0.29, 0.717) is 11.9 Å². The summed E-state index contributed by atoms with van der Waals surface area (Å²) < 4.78 is 0. The first-order valence-corrected chi connectivity index (χ1v) is 4.74. The predicted octanol–water partition coefficient (Wildman–Crippen LogP) is -0.114. The van der Waals surface area contributed by atoms with Crippen molar-refractivity contribution in [2.75, 3.05) is 25.5 Å². The highest BCUT2D eigenvalue weighted by Crippen LogP contribution is 2.10. The lowest BCUT2D eigenvalue weighted by molar-refractivity contribution is 0.414. The van der Waals surface area contributed by atoms with Crippen LogP contribution in [0.25, 0.3) is 0 Å². The van der Waals surface area contributed by atoms with Gasteiger partial charge in [0.2, 0.25) is 0 Å². The molecule has 1 aliphatic heterocycles. The van der Waals surface area contributed by atoms with Crippen molar-refractivity contribution in [3.63, 3.8) is 0 Å². The van der Waals surface area contributed by atoms with Crippen LogP contribution in [0.5, 0.6) is 0 Å². The van der Waals surface area contributed by atoms with Crippen molar-refractivity contribution in [2.24, 2.45) is 0 Å². The Kier molecular flexibility index (Phi) is 2.49. The van der Waals surface area contributed by atoms with Crippen LogP contribution in [0.4, 0.5) is 5.82 Å². The van der Waals surface area contributed by atoms with Crippen LogP contribution in [0.15, 0.2) is 17.2 Å². The molecule has 0 saturated carbocycles. The fraction of sp³-hybridized carbons (Fsp3) is 0.556. The number of likely N-dealkylation sites (N-methyl/N-ethyl adjacent to an activating group) is 1.